The summed E-state index contributed by atoms with van der Waals surface area (Å²) in [4.78, 5) is 29.9. The topological polar surface area (TPSA) is 59.1 Å². The van der Waals surface area contributed by atoms with Crippen molar-refractivity contribution in [3.8, 4) is 11.5 Å². The molecule has 2 heterocycles. The van der Waals surface area contributed by atoms with Crippen LogP contribution in [-0.2, 0) is 0 Å². The first kappa shape index (κ1) is 20.6. The van der Waals surface area contributed by atoms with Crippen LogP contribution in [0.2, 0.25) is 0 Å². The lowest BCUT2D eigenvalue weighted by molar-refractivity contribution is 0.0496. The summed E-state index contributed by atoms with van der Waals surface area (Å²) in [6.07, 6.45) is 1.52. The Morgan fingerprint density at radius 3 is 2.43 bits per heavy atom. The molecule has 7 heteroatoms. The molecule has 0 saturated carbocycles. The molecule has 30 heavy (non-hydrogen) atoms. The summed E-state index contributed by atoms with van der Waals surface area (Å²) in [5.41, 5.74) is 1.23. The van der Waals surface area contributed by atoms with E-state index in [1.165, 1.54) is 0 Å². The van der Waals surface area contributed by atoms with Gasteiger partial charge < -0.3 is 19.3 Å². The molecule has 0 N–H and O–H groups in total. The van der Waals surface area contributed by atoms with Crippen molar-refractivity contribution in [2.75, 3.05) is 39.6 Å². The third-order valence-electron chi connectivity index (χ3n) is 5.91. The Balaban J connectivity index is 1.48. The van der Waals surface area contributed by atoms with Crippen molar-refractivity contribution in [2.45, 2.75) is 17.7 Å². The van der Waals surface area contributed by atoms with Gasteiger partial charge in [0.15, 0.2) is 0 Å². The number of benzene rings is 2. The first-order chi connectivity index (χ1) is 14.6. The third-order valence-corrected chi connectivity index (χ3v) is 7.46. The van der Waals surface area contributed by atoms with Crippen LogP contribution in [0.15, 0.2) is 48.5 Å². The molecule has 2 amide bonds. The summed E-state index contributed by atoms with van der Waals surface area (Å²) in [5, 5.41) is 0. The number of para-hydroxylation sites is 1. The lowest BCUT2D eigenvalue weighted by atomic mass is 10.00. The van der Waals surface area contributed by atoms with Crippen LogP contribution >= 0.6 is 11.8 Å². The van der Waals surface area contributed by atoms with Gasteiger partial charge in [-0.25, -0.2) is 0 Å². The minimum Gasteiger partial charge on any atom is -0.497 e. The molecule has 4 rings (SSSR count). The number of thioether (sulfide) groups is 1. The van der Waals surface area contributed by atoms with Crippen molar-refractivity contribution in [2.24, 2.45) is 0 Å². The van der Waals surface area contributed by atoms with Gasteiger partial charge in [-0.2, -0.15) is 0 Å². The zero-order valence-electron chi connectivity index (χ0n) is 17.3. The van der Waals surface area contributed by atoms with E-state index >= 15 is 0 Å². The maximum absolute atomic E-state index is 13.3. The summed E-state index contributed by atoms with van der Waals surface area (Å²) in [5.74, 6) is 2.20. The fourth-order valence-corrected chi connectivity index (χ4v) is 5.73. The number of carbonyl (C=O) groups excluding carboxylic acids is 2. The van der Waals surface area contributed by atoms with Crippen LogP contribution in [0.5, 0.6) is 11.5 Å². The Labute approximate surface area is 181 Å². The Bertz CT molecular complexity index is 940. The van der Waals surface area contributed by atoms with Gasteiger partial charge in [0.2, 0.25) is 0 Å². The maximum atomic E-state index is 13.3. The standard InChI is InChI=1S/C23H26N2O4S/c1-28-18-7-5-6-17(16-18)21(26)25-14-15-30-23(25)10-12-24(13-11-23)22(27)19-8-3-4-9-20(19)29-2/h3-9,16H,10-15H2,1-2H3. The van der Waals surface area contributed by atoms with Crippen molar-refractivity contribution >= 4 is 23.6 Å². The number of methoxy groups -OCH3 is 2. The largest absolute Gasteiger partial charge is 0.497 e. The summed E-state index contributed by atoms with van der Waals surface area (Å²) in [6, 6.07) is 14.6. The minimum absolute atomic E-state index is 0.0176. The highest BCUT2D eigenvalue weighted by Gasteiger charge is 2.47. The second kappa shape index (κ2) is 8.60. The van der Waals surface area contributed by atoms with Gasteiger partial charge in [0.05, 0.1) is 24.7 Å². The maximum Gasteiger partial charge on any atom is 0.257 e. The molecule has 2 aromatic carbocycles. The molecule has 0 unspecified atom stereocenters. The van der Waals surface area contributed by atoms with Crippen LogP contribution in [0, 0.1) is 0 Å². The molecule has 2 aliphatic rings. The molecule has 158 valence electrons. The number of hydrogen-bond acceptors (Lipinski definition) is 5. The van der Waals surface area contributed by atoms with Gasteiger partial charge in [0.1, 0.15) is 11.5 Å². The van der Waals surface area contributed by atoms with Crippen molar-refractivity contribution in [1.29, 1.82) is 0 Å². The average molecular weight is 427 g/mol. The zero-order valence-corrected chi connectivity index (χ0v) is 18.1. The van der Waals surface area contributed by atoms with Gasteiger partial charge in [-0.15, -0.1) is 11.8 Å². The van der Waals surface area contributed by atoms with Crippen LogP contribution in [0.4, 0.5) is 0 Å². The van der Waals surface area contributed by atoms with E-state index in [4.69, 9.17) is 9.47 Å². The van der Waals surface area contributed by atoms with Crippen LogP contribution in [0.25, 0.3) is 0 Å². The van der Waals surface area contributed by atoms with Crippen molar-refractivity contribution in [1.82, 2.24) is 9.80 Å². The molecule has 0 atom stereocenters. The van der Waals surface area contributed by atoms with Crippen LogP contribution < -0.4 is 9.47 Å². The Morgan fingerprint density at radius 1 is 0.933 bits per heavy atom. The number of nitrogens with zero attached hydrogens (tertiary/aromatic N) is 2. The summed E-state index contributed by atoms with van der Waals surface area (Å²) < 4.78 is 10.6. The normalized spacial score (nSPS) is 17.8. The fraction of sp³-hybridized carbons (Fsp3) is 0.391. The number of piperidine rings is 1. The quantitative estimate of drug-likeness (QED) is 0.749. The third kappa shape index (κ3) is 3.74. The molecule has 2 saturated heterocycles. The molecule has 1 spiro atoms. The van der Waals surface area contributed by atoms with Gasteiger partial charge >= 0.3 is 0 Å². The second-order valence-electron chi connectivity index (χ2n) is 7.48. The Hall–Kier alpha value is -2.67. The van der Waals surface area contributed by atoms with Gasteiger partial charge in [-0.1, -0.05) is 18.2 Å². The van der Waals surface area contributed by atoms with E-state index in [1.54, 1.807) is 32.4 Å². The highest BCUT2D eigenvalue weighted by molar-refractivity contribution is 8.00. The molecular formula is C23H26N2O4S. The van der Waals surface area contributed by atoms with Gasteiger partial charge in [0, 0.05) is 31.0 Å². The van der Waals surface area contributed by atoms with E-state index in [1.807, 2.05) is 51.9 Å². The lowest BCUT2D eigenvalue weighted by Crippen LogP contribution is -2.53. The number of hydrogen-bond donors (Lipinski definition) is 0. The number of amides is 2. The number of likely N-dealkylation sites (tertiary alicyclic amines) is 1. The van der Waals surface area contributed by atoms with Crippen LogP contribution in [0.3, 0.4) is 0 Å². The SMILES string of the molecule is COc1cccc(C(=O)N2CCSC23CCN(C(=O)c2ccccc2OC)CC3)c1. The first-order valence-electron chi connectivity index (χ1n) is 10.1. The van der Waals surface area contributed by atoms with E-state index in [0.29, 0.717) is 35.7 Å². The summed E-state index contributed by atoms with van der Waals surface area (Å²) in [6.45, 7) is 1.96. The molecule has 0 aliphatic carbocycles. The molecule has 2 aromatic rings. The number of carbonyl (C=O) groups is 2. The first-order valence-corrected chi connectivity index (χ1v) is 11.1. The van der Waals surface area contributed by atoms with Crippen molar-refractivity contribution < 1.29 is 19.1 Å². The molecule has 6 nitrogen and oxygen atoms in total. The predicted octanol–water partition coefficient (Wildman–Crippen LogP) is 3.53. The number of ether oxygens (including phenoxy) is 2. The lowest BCUT2D eigenvalue weighted by Gasteiger charge is -2.44. The van der Waals surface area contributed by atoms with E-state index < -0.39 is 0 Å². The molecule has 2 aliphatic heterocycles. The zero-order chi connectivity index (χ0) is 21.1. The van der Waals surface area contributed by atoms with Crippen LogP contribution in [-0.4, -0.2) is 66.1 Å². The highest BCUT2D eigenvalue weighted by Crippen LogP contribution is 2.45. The van der Waals surface area contributed by atoms with E-state index in [-0.39, 0.29) is 16.7 Å². The van der Waals surface area contributed by atoms with Gasteiger partial charge in [0.25, 0.3) is 11.8 Å². The van der Waals surface area contributed by atoms with Crippen molar-refractivity contribution in [3.05, 3.63) is 59.7 Å². The average Bonchev–Trinajstić information content (AvgIpc) is 3.21. The smallest absolute Gasteiger partial charge is 0.257 e. The van der Waals surface area contributed by atoms with E-state index in [9.17, 15) is 9.59 Å². The van der Waals surface area contributed by atoms with E-state index in [0.717, 1.165) is 25.1 Å². The van der Waals surface area contributed by atoms with Crippen LogP contribution in [0.1, 0.15) is 33.6 Å². The molecule has 2 fully saturated rings. The molecule has 0 bridgehead atoms. The van der Waals surface area contributed by atoms with E-state index in [2.05, 4.69) is 0 Å². The summed E-state index contributed by atoms with van der Waals surface area (Å²) >= 11 is 1.84. The van der Waals surface area contributed by atoms with Gasteiger partial charge in [-0.3, -0.25) is 9.59 Å². The monoisotopic (exact) mass is 426 g/mol. The molecule has 0 aromatic heterocycles. The Morgan fingerprint density at radius 2 is 1.70 bits per heavy atom. The Kier molecular flexibility index (Phi) is 5.90. The van der Waals surface area contributed by atoms with Gasteiger partial charge in [-0.05, 0) is 43.2 Å². The highest BCUT2D eigenvalue weighted by atomic mass is 32.2. The summed E-state index contributed by atoms with van der Waals surface area (Å²) in [7, 11) is 3.18. The fourth-order valence-electron chi connectivity index (χ4n) is 4.27. The predicted molar refractivity (Wildman–Crippen MR) is 117 cm³/mol. The molecular weight excluding hydrogens is 400 g/mol. The minimum atomic E-state index is -0.252. The second-order valence-corrected chi connectivity index (χ2v) is 8.93. The number of rotatable bonds is 4. The molecule has 0 radical (unpaired) electrons. The van der Waals surface area contributed by atoms with Crippen molar-refractivity contribution in [3.63, 3.8) is 0 Å².